The summed E-state index contributed by atoms with van der Waals surface area (Å²) in [6.07, 6.45) is 1.03. The summed E-state index contributed by atoms with van der Waals surface area (Å²) in [4.78, 5) is 0. The maximum absolute atomic E-state index is 6.12. The molecule has 110 valence electrons. The normalized spacial score (nSPS) is 10.2. The van der Waals surface area contributed by atoms with Crippen LogP contribution in [0.3, 0.4) is 0 Å². The van der Waals surface area contributed by atoms with E-state index in [0.29, 0.717) is 21.7 Å². The van der Waals surface area contributed by atoms with Crippen molar-refractivity contribution in [2.45, 2.75) is 19.9 Å². The monoisotopic (exact) mass is 338 g/mol. The Morgan fingerprint density at radius 3 is 2.43 bits per heavy atom. The van der Waals surface area contributed by atoms with Crippen LogP contribution < -0.4 is 10.6 Å². The number of anilines is 1. The van der Waals surface area contributed by atoms with Crippen molar-refractivity contribution in [1.82, 2.24) is 5.32 Å². The van der Waals surface area contributed by atoms with Gasteiger partial charge in [0, 0.05) is 22.3 Å². The molecule has 0 saturated heterocycles. The van der Waals surface area contributed by atoms with Crippen LogP contribution in [0.5, 0.6) is 0 Å². The molecule has 0 aliphatic carbocycles. The molecular formula is C16H16Cl2N2S. The molecule has 21 heavy (non-hydrogen) atoms. The van der Waals surface area contributed by atoms with Gasteiger partial charge in [0.1, 0.15) is 0 Å². The van der Waals surface area contributed by atoms with Gasteiger partial charge in [-0.15, -0.1) is 0 Å². The van der Waals surface area contributed by atoms with Gasteiger partial charge >= 0.3 is 0 Å². The summed E-state index contributed by atoms with van der Waals surface area (Å²) in [5, 5.41) is 8.09. The lowest BCUT2D eigenvalue weighted by Crippen LogP contribution is -2.27. The highest BCUT2D eigenvalue weighted by molar-refractivity contribution is 7.80. The highest BCUT2D eigenvalue weighted by Crippen LogP contribution is 2.20. The van der Waals surface area contributed by atoms with E-state index in [0.717, 1.165) is 17.7 Å². The zero-order valence-corrected chi connectivity index (χ0v) is 13.9. The molecule has 2 aromatic carbocycles. The zero-order chi connectivity index (χ0) is 15.2. The van der Waals surface area contributed by atoms with E-state index >= 15 is 0 Å². The van der Waals surface area contributed by atoms with Gasteiger partial charge in [-0.25, -0.2) is 0 Å². The van der Waals surface area contributed by atoms with Crippen LogP contribution >= 0.6 is 35.4 Å². The number of aryl methyl sites for hydroxylation is 1. The maximum Gasteiger partial charge on any atom is 0.171 e. The standard InChI is InChI=1S/C16H16Cl2N2S/c1-2-11-3-7-14(8-4-11)20-16(21)19-10-12-5-6-13(17)9-15(12)18/h3-9H,2,10H2,1H3,(H2,19,20,21). The smallest absolute Gasteiger partial charge is 0.171 e. The van der Waals surface area contributed by atoms with E-state index in [1.165, 1.54) is 5.56 Å². The summed E-state index contributed by atoms with van der Waals surface area (Å²) in [7, 11) is 0. The first-order valence-corrected chi connectivity index (χ1v) is 7.82. The predicted molar refractivity (Wildman–Crippen MR) is 95.3 cm³/mol. The fourth-order valence-corrected chi connectivity index (χ4v) is 2.50. The molecule has 0 amide bonds. The zero-order valence-electron chi connectivity index (χ0n) is 11.6. The molecule has 0 unspecified atom stereocenters. The summed E-state index contributed by atoms with van der Waals surface area (Å²) in [6.45, 7) is 2.68. The third kappa shape index (κ3) is 4.88. The molecule has 0 bridgehead atoms. The second-order valence-corrected chi connectivity index (χ2v) is 5.85. The number of rotatable bonds is 4. The number of benzene rings is 2. The van der Waals surface area contributed by atoms with Gasteiger partial charge in [0.2, 0.25) is 0 Å². The van der Waals surface area contributed by atoms with E-state index in [4.69, 9.17) is 35.4 Å². The average Bonchev–Trinajstić information content (AvgIpc) is 2.47. The van der Waals surface area contributed by atoms with E-state index in [1.54, 1.807) is 6.07 Å². The molecule has 0 spiro atoms. The SMILES string of the molecule is CCc1ccc(NC(=S)NCc2ccc(Cl)cc2Cl)cc1. The van der Waals surface area contributed by atoms with Gasteiger partial charge in [0.25, 0.3) is 0 Å². The van der Waals surface area contributed by atoms with Gasteiger partial charge in [0.05, 0.1) is 0 Å². The second-order valence-electron chi connectivity index (χ2n) is 4.59. The van der Waals surface area contributed by atoms with E-state index in [-0.39, 0.29) is 0 Å². The topological polar surface area (TPSA) is 24.1 Å². The van der Waals surface area contributed by atoms with Crippen molar-refractivity contribution in [3.8, 4) is 0 Å². The molecule has 0 aliphatic heterocycles. The van der Waals surface area contributed by atoms with Crippen molar-refractivity contribution in [2.75, 3.05) is 5.32 Å². The van der Waals surface area contributed by atoms with E-state index in [9.17, 15) is 0 Å². The van der Waals surface area contributed by atoms with Crippen LogP contribution in [0.4, 0.5) is 5.69 Å². The van der Waals surface area contributed by atoms with Crippen LogP contribution in [0.1, 0.15) is 18.1 Å². The Morgan fingerprint density at radius 1 is 1.10 bits per heavy atom. The van der Waals surface area contributed by atoms with Crippen molar-refractivity contribution < 1.29 is 0 Å². The molecule has 2 nitrogen and oxygen atoms in total. The molecule has 0 radical (unpaired) electrons. The minimum Gasteiger partial charge on any atom is -0.358 e. The number of thiocarbonyl (C=S) groups is 1. The highest BCUT2D eigenvalue weighted by Gasteiger charge is 2.03. The van der Waals surface area contributed by atoms with Gasteiger partial charge in [-0.2, -0.15) is 0 Å². The molecule has 0 saturated carbocycles. The molecule has 0 heterocycles. The minimum atomic E-state index is 0.550. The lowest BCUT2D eigenvalue weighted by molar-refractivity contribution is 0.926. The summed E-state index contributed by atoms with van der Waals surface area (Å²) >= 11 is 17.3. The quantitative estimate of drug-likeness (QED) is 0.763. The number of hydrogen-bond acceptors (Lipinski definition) is 1. The summed E-state index contributed by atoms with van der Waals surface area (Å²) in [5.41, 5.74) is 3.21. The first kappa shape index (κ1) is 16.1. The number of hydrogen-bond donors (Lipinski definition) is 2. The van der Waals surface area contributed by atoms with Gasteiger partial charge in [0.15, 0.2) is 5.11 Å². The van der Waals surface area contributed by atoms with Gasteiger partial charge in [-0.1, -0.05) is 48.3 Å². The molecular weight excluding hydrogens is 323 g/mol. The van der Waals surface area contributed by atoms with Crippen LogP contribution in [0.2, 0.25) is 10.0 Å². The third-order valence-corrected chi connectivity index (χ3v) is 3.91. The Balaban J connectivity index is 1.89. The summed E-state index contributed by atoms with van der Waals surface area (Å²) in [6, 6.07) is 13.6. The highest BCUT2D eigenvalue weighted by atomic mass is 35.5. The molecule has 0 aliphatic rings. The Kier molecular flexibility index (Phi) is 5.85. The maximum atomic E-state index is 6.12. The van der Waals surface area contributed by atoms with Gasteiger partial charge < -0.3 is 10.6 Å². The first-order valence-electron chi connectivity index (χ1n) is 6.66. The first-order chi connectivity index (χ1) is 10.1. The third-order valence-electron chi connectivity index (χ3n) is 3.07. The van der Waals surface area contributed by atoms with Crippen LogP contribution in [0.25, 0.3) is 0 Å². The van der Waals surface area contributed by atoms with Crippen molar-refractivity contribution in [1.29, 1.82) is 0 Å². The molecule has 0 atom stereocenters. The van der Waals surface area contributed by atoms with Gasteiger partial charge in [-0.3, -0.25) is 0 Å². The van der Waals surface area contributed by atoms with Gasteiger partial charge in [-0.05, 0) is 54.0 Å². The Bertz CT molecular complexity index is 627. The average molecular weight is 339 g/mol. The molecule has 0 aromatic heterocycles. The number of halogens is 2. The van der Waals surface area contributed by atoms with Crippen molar-refractivity contribution in [3.63, 3.8) is 0 Å². The molecule has 2 N–H and O–H groups in total. The van der Waals surface area contributed by atoms with E-state index in [2.05, 4.69) is 29.7 Å². The lowest BCUT2D eigenvalue weighted by atomic mass is 10.1. The largest absolute Gasteiger partial charge is 0.358 e. The summed E-state index contributed by atoms with van der Waals surface area (Å²) in [5.74, 6) is 0. The Morgan fingerprint density at radius 2 is 1.81 bits per heavy atom. The fraction of sp³-hybridized carbons (Fsp3) is 0.188. The molecule has 2 rings (SSSR count). The fourth-order valence-electron chi connectivity index (χ4n) is 1.84. The predicted octanol–water partition coefficient (Wildman–Crippen LogP) is 5.04. The van der Waals surface area contributed by atoms with E-state index < -0.39 is 0 Å². The Labute approximate surface area is 140 Å². The minimum absolute atomic E-state index is 0.550. The molecule has 2 aromatic rings. The number of nitrogens with one attached hydrogen (secondary N) is 2. The van der Waals surface area contributed by atoms with Crippen molar-refractivity contribution in [2.24, 2.45) is 0 Å². The van der Waals surface area contributed by atoms with Crippen LogP contribution in [-0.4, -0.2) is 5.11 Å². The van der Waals surface area contributed by atoms with Crippen molar-refractivity contribution >= 4 is 46.2 Å². The van der Waals surface area contributed by atoms with Crippen LogP contribution in [0, 0.1) is 0 Å². The lowest BCUT2D eigenvalue weighted by Gasteiger charge is -2.12. The Hall–Kier alpha value is -1.29. The van der Waals surface area contributed by atoms with E-state index in [1.807, 2.05) is 24.3 Å². The second kappa shape index (κ2) is 7.64. The molecule has 0 fully saturated rings. The van der Waals surface area contributed by atoms with Crippen LogP contribution in [-0.2, 0) is 13.0 Å². The molecule has 5 heteroatoms. The van der Waals surface area contributed by atoms with Crippen LogP contribution in [0.15, 0.2) is 42.5 Å². The van der Waals surface area contributed by atoms with Crippen molar-refractivity contribution in [3.05, 3.63) is 63.6 Å². The summed E-state index contributed by atoms with van der Waals surface area (Å²) < 4.78 is 0.